The molecular weight excluding hydrogens is 344 g/mol. The molecule has 0 aromatic heterocycles. The summed E-state index contributed by atoms with van der Waals surface area (Å²) in [5.74, 6) is 1.60. The van der Waals surface area contributed by atoms with E-state index >= 15 is 0 Å². The summed E-state index contributed by atoms with van der Waals surface area (Å²) in [6, 6.07) is 7.38. The molecule has 6 heteroatoms. The Hall–Kier alpha value is -1.66. The van der Waals surface area contributed by atoms with Crippen LogP contribution in [0.3, 0.4) is 0 Å². The minimum absolute atomic E-state index is 0.00130. The van der Waals surface area contributed by atoms with Crippen molar-refractivity contribution in [2.24, 2.45) is 11.8 Å². The van der Waals surface area contributed by atoms with Gasteiger partial charge < -0.3 is 20.4 Å². The van der Waals surface area contributed by atoms with Crippen LogP contribution in [-0.2, 0) is 0 Å². The van der Waals surface area contributed by atoms with Gasteiger partial charge in [0.25, 0.3) is 5.91 Å². The number of carbonyl (C=O) groups is 1. The van der Waals surface area contributed by atoms with Crippen LogP contribution in [0.2, 0.25) is 0 Å². The Balaban J connectivity index is 1.68. The fourth-order valence-electron chi connectivity index (χ4n) is 3.61. The standard InChI is InChI=1S/C20H32N4OS/c1-15-12-16(2)14-24(13-15)11-5-10-21-20(26)22-18-8-6-17(7-9-18)19(25)23(3)4/h6-9,15-16H,5,10-14H2,1-4H3,(H2,21,22,26). The zero-order valence-corrected chi connectivity index (χ0v) is 17.2. The molecule has 1 saturated heterocycles. The molecule has 5 nitrogen and oxygen atoms in total. The van der Waals surface area contributed by atoms with Gasteiger partial charge in [-0.1, -0.05) is 13.8 Å². The maximum Gasteiger partial charge on any atom is 0.253 e. The molecule has 2 unspecified atom stereocenters. The van der Waals surface area contributed by atoms with E-state index in [1.54, 1.807) is 19.0 Å². The molecule has 0 spiro atoms. The van der Waals surface area contributed by atoms with Gasteiger partial charge >= 0.3 is 0 Å². The largest absolute Gasteiger partial charge is 0.362 e. The fourth-order valence-corrected chi connectivity index (χ4v) is 3.83. The number of piperidine rings is 1. The third-order valence-corrected chi connectivity index (χ3v) is 4.92. The Morgan fingerprint density at radius 3 is 2.38 bits per heavy atom. The summed E-state index contributed by atoms with van der Waals surface area (Å²) in [4.78, 5) is 16.0. The molecule has 1 aromatic carbocycles. The molecule has 0 saturated carbocycles. The van der Waals surface area contributed by atoms with Crippen molar-refractivity contribution < 1.29 is 4.79 Å². The van der Waals surface area contributed by atoms with E-state index in [2.05, 4.69) is 29.4 Å². The molecule has 1 aliphatic rings. The average molecular weight is 377 g/mol. The first-order valence-electron chi connectivity index (χ1n) is 9.44. The van der Waals surface area contributed by atoms with E-state index in [1.165, 1.54) is 19.5 Å². The highest BCUT2D eigenvalue weighted by molar-refractivity contribution is 7.80. The number of rotatable bonds is 6. The lowest BCUT2D eigenvalue weighted by atomic mass is 9.92. The third kappa shape index (κ3) is 6.57. The van der Waals surface area contributed by atoms with Crippen molar-refractivity contribution in [3.63, 3.8) is 0 Å². The summed E-state index contributed by atoms with van der Waals surface area (Å²) in [6.07, 6.45) is 2.43. The van der Waals surface area contributed by atoms with Crippen LogP contribution >= 0.6 is 12.2 Å². The molecule has 0 bridgehead atoms. The van der Waals surface area contributed by atoms with Gasteiger partial charge in [-0.05, 0) is 67.7 Å². The highest BCUT2D eigenvalue weighted by atomic mass is 32.1. The van der Waals surface area contributed by atoms with Crippen LogP contribution in [-0.4, -0.2) is 61.1 Å². The molecular formula is C20H32N4OS. The highest BCUT2D eigenvalue weighted by Gasteiger charge is 2.20. The van der Waals surface area contributed by atoms with E-state index < -0.39 is 0 Å². The zero-order valence-electron chi connectivity index (χ0n) is 16.4. The van der Waals surface area contributed by atoms with Crippen LogP contribution in [0.15, 0.2) is 24.3 Å². The van der Waals surface area contributed by atoms with Gasteiger partial charge in [-0.3, -0.25) is 4.79 Å². The lowest BCUT2D eigenvalue weighted by molar-refractivity contribution is 0.0827. The van der Waals surface area contributed by atoms with Gasteiger partial charge in [-0.2, -0.15) is 0 Å². The Morgan fingerprint density at radius 1 is 1.19 bits per heavy atom. The highest BCUT2D eigenvalue weighted by Crippen LogP contribution is 2.20. The van der Waals surface area contributed by atoms with E-state index in [1.807, 2.05) is 24.3 Å². The van der Waals surface area contributed by atoms with E-state index in [4.69, 9.17) is 12.2 Å². The monoisotopic (exact) mass is 376 g/mol. The van der Waals surface area contributed by atoms with Crippen LogP contribution in [0, 0.1) is 11.8 Å². The second-order valence-electron chi connectivity index (χ2n) is 7.72. The maximum absolute atomic E-state index is 11.9. The molecule has 1 aliphatic heterocycles. The number of benzene rings is 1. The molecule has 0 radical (unpaired) electrons. The Kier molecular flexibility index (Phi) is 7.85. The SMILES string of the molecule is CC1CC(C)CN(CCCNC(=S)Nc2ccc(C(=O)N(C)C)cc2)C1. The summed E-state index contributed by atoms with van der Waals surface area (Å²) in [7, 11) is 3.50. The number of nitrogens with one attached hydrogen (secondary N) is 2. The Labute approximate surface area is 163 Å². The first-order valence-corrected chi connectivity index (χ1v) is 9.85. The van der Waals surface area contributed by atoms with Crippen LogP contribution in [0.1, 0.15) is 37.0 Å². The number of hydrogen-bond donors (Lipinski definition) is 2. The number of thiocarbonyl (C=S) groups is 1. The number of anilines is 1. The molecule has 144 valence electrons. The second kappa shape index (κ2) is 9.88. The molecule has 2 N–H and O–H groups in total. The maximum atomic E-state index is 11.9. The number of amides is 1. The molecule has 1 amide bonds. The summed E-state index contributed by atoms with van der Waals surface area (Å²) >= 11 is 5.36. The van der Waals surface area contributed by atoms with Crippen LogP contribution in [0.4, 0.5) is 5.69 Å². The topological polar surface area (TPSA) is 47.6 Å². The zero-order chi connectivity index (χ0) is 19.1. The van der Waals surface area contributed by atoms with Crippen LogP contribution < -0.4 is 10.6 Å². The van der Waals surface area contributed by atoms with Gasteiger partial charge in [0.05, 0.1) is 0 Å². The summed E-state index contributed by atoms with van der Waals surface area (Å²) < 4.78 is 0. The molecule has 2 rings (SSSR count). The predicted octanol–water partition coefficient (Wildman–Crippen LogP) is 3.04. The van der Waals surface area contributed by atoms with Gasteiger partial charge in [-0.15, -0.1) is 0 Å². The van der Waals surface area contributed by atoms with E-state index in [-0.39, 0.29) is 5.91 Å². The lowest BCUT2D eigenvalue weighted by Crippen LogP contribution is -2.40. The van der Waals surface area contributed by atoms with Crippen molar-refractivity contribution in [1.29, 1.82) is 0 Å². The molecule has 2 atom stereocenters. The van der Waals surface area contributed by atoms with E-state index in [0.717, 1.165) is 37.0 Å². The Bertz CT molecular complexity index is 592. The molecule has 1 heterocycles. The smallest absolute Gasteiger partial charge is 0.253 e. The van der Waals surface area contributed by atoms with Gasteiger partial charge in [0, 0.05) is 45.0 Å². The van der Waals surface area contributed by atoms with Gasteiger partial charge in [0.2, 0.25) is 0 Å². The summed E-state index contributed by atoms with van der Waals surface area (Å²) in [6.45, 7) is 9.10. The average Bonchev–Trinajstić information content (AvgIpc) is 2.58. The minimum Gasteiger partial charge on any atom is -0.362 e. The number of hydrogen-bond acceptors (Lipinski definition) is 3. The molecule has 1 aromatic rings. The first kappa shape index (κ1) is 20.6. The van der Waals surface area contributed by atoms with Crippen LogP contribution in [0.25, 0.3) is 0 Å². The normalized spacial score (nSPS) is 20.5. The molecule has 1 fully saturated rings. The quantitative estimate of drug-likeness (QED) is 0.590. The van der Waals surface area contributed by atoms with Gasteiger partial charge in [0.1, 0.15) is 0 Å². The summed E-state index contributed by atoms with van der Waals surface area (Å²) in [5, 5.41) is 7.06. The van der Waals surface area contributed by atoms with Crippen molar-refractivity contribution >= 4 is 28.9 Å². The third-order valence-electron chi connectivity index (χ3n) is 4.68. The van der Waals surface area contributed by atoms with Gasteiger partial charge in [0.15, 0.2) is 5.11 Å². The number of likely N-dealkylation sites (tertiary alicyclic amines) is 1. The van der Waals surface area contributed by atoms with Crippen molar-refractivity contribution in [2.45, 2.75) is 26.7 Å². The molecule has 26 heavy (non-hydrogen) atoms. The van der Waals surface area contributed by atoms with E-state index in [0.29, 0.717) is 10.7 Å². The number of carbonyl (C=O) groups excluding carboxylic acids is 1. The van der Waals surface area contributed by atoms with Crippen molar-refractivity contribution in [1.82, 2.24) is 15.1 Å². The fraction of sp³-hybridized carbons (Fsp3) is 0.600. The minimum atomic E-state index is -0.00130. The van der Waals surface area contributed by atoms with Gasteiger partial charge in [-0.25, -0.2) is 0 Å². The Morgan fingerprint density at radius 2 is 1.81 bits per heavy atom. The van der Waals surface area contributed by atoms with Crippen molar-refractivity contribution in [3.8, 4) is 0 Å². The summed E-state index contributed by atoms with van der Waals surface area (Å²) in [5.41, 5.74) is 1.56. The molecule has 0 aliphatic carbocycles. The second-order valence-corrected chi connectivity index (χ2v) is 8.13. The van der Waals surface area contributed by atoms with Crippen molar-refractivity contribution in [2.75, 3.05) is 45.6 Å². The predicted molar refractivity (Wildman–Crippen MR) is 113 cm³/mol. The van der Waals surface area contributed by atoms with E-state index in [9.17, 15) is 4.79 Å². The first-order chi connectivity index (χ1) is 12.3. The number of nitrogens with zero attached hydrogens (tertiary/aromatic N) is 2. The van der Waals surface area contributed by atoms with Crippen molar-refractivity contribution in [3.05, 3.63) is 29.8 Å². The van der Waals surface area contributed by atoms with Crippen LogP contribution in [0.5, 0.6) is 0 Å². The lowest BCUT2D eigenvalue weighted by Gasteiger charge is -2.34.